The van der Waals surface area contributed by atoms with Crippen molar-refractivity contribution in [3.8, 4) is 11.5 Å². The number of furan rings is 1. The first-order valence-corrected chi connectivity index (χ1v) is 8.70. The minimum absolute atomic E-state index is 0.0796. The second-order valence-electron chi connectivity index (χ2n) is 6.84. The van der Waals surface area contributed by atoms with Crippen molar-refractivity contribution in [3.05, 3.63) is 30.2 Å². The first-order chi connectivity index (χ1) is 11.7. The van der Waals surface area contributed by atoms with Crippen LogP contribution in [0.15, 0.2) is 28.9 Å². The van der Waals surface area contributed by atoms with Crippen molar-refractivity contribution in [1.29, 1.82) is 0 Å². The molecule has 6 heteroatoms. The number of fused-ring (bicyclic) bond motifs is 1. The molecule has 2 saturated carbocycles. The number of hydrogen-bond acceptors (Lipinski definition) is 5. The molecule has 126 valence electrons. The molecule has 0 bridgehead atoms. The third-order valence-corrected chi connectivity index (χ3v) is 5.40. The summed E-state index contributed by atoms with van der Waals surface area (Å²) in [5.74, 6) is 1.88. The van der Waals surface area contributed by atoms with Gasteiger partial charge in [-0.15, -0.1) is 0 Å². The molecule has 2 aromatic rings. The van der Waals surface area contributed by atoms with E-state index in [9.17, 15) is 4.79 Å². The molecular weight excluding hydrogens is 304 g/mol. The van der Waals surface area contributed by atoms with Crippen molar-refractivity contribution in [3.63, 3.8) is 0 Å². The lowest BCUT2D eigenvalue weighted by molar-refractivity contribution is 0.0912. The van der Waals surface area contributed by atoms with E-state index in [0.717, 1.165) is 12.3 Å². The van der Waals surface area contributed by atoms with Gasteiger partial charge in [-0.05, 0) is 49.3 Å². The molecule has 1 amide bonds. The van der Waals surface area contributed by atoms with Crippen LogP contribution in [-0.2, 0) is 0 Å². The van der Waals surface area contributed by atoms with E-state index in [1.165, 1.54) is 32.1 Å². The van der Waals surface area contributed by atoms with Crippen molar-refractivity contribution < 1.29 is 9.21 Å². The molecule has 2 aromatic heterocycles. The highest BCUT2D eigenvalue weighted by Gasteiger charge is 2.38. The molecule has 24 heavy (non-hydrogen) atoms. The Balaban J connectivity index is 1.52. The van der Waals surface area contributed by atoms with E-state index in [2.05, 4.69) is 15.3 Å². The van der Waals surface area contributed by atoms with E-state index in [1.54, 1.807) is 24.5 Å². The highest BCUT2D eigenvalue weighted by molar-refractivity contribution is 5.93. The van der Waals surface area contributed by atoms with Crippen molar-refractivity contribution in [2.24, 2.45) is 11.8 Å². The molecule has 0 spiro atoms. The third-order valence-electron chi connectivity index (χ3n) is 5.40. The predicted molar refractivity (Wildman–Crippen MR) is 90.1 cm³/mol. The molecule has 3 N–H and O–H groups in total. The second-order valence-corrected chi connectivity index (χ2v) is 6.84. The van der Waals surface area contributed by atoms with Crippen molar-refractivity contribution >= 4 is 11.9 Å². The summed E-state index contributed by atoms with van der Waals surface area (Å²) in [6, 6.07) is 5.45. The van der Waals surface area contributed by atoms with Gasteiger partial charge in [0.1, 0.15) is 11.4 Å². The molecule has 0 aromatic carbocycles. The highest BCUT2D eigenvalue weighted by Crippen LogP contribution is 2.42. The minimum atomic E-state index is -0.173. The quantitative estimate of drug-likeness (QED) is 0.904. The predicted octanol–water partition coefficient (Wildman–Crippen LogP) is 3.02. The number of nitrogens with one attached hydrogen (secondary N) is 1. The van der Waals surface area contributed by atoms with Gasteiger partial charge in [-0.2, -0.15) is 0 Å². The van der Waals surface area contributed by atoms with Crippen molar-refractivity contribution in [1.82, 2.24) is 15.3 Å². The van der Waals surface area contributed by atoms with Crippen LogP contribution in [0.3, 0.4) is 0 Å². The van der Waals surface area contributed by atoms with Crippen LogP contribution in [-0.4, -0.2) is 21.9 Å². The summed E-state index contributed by atoms with van der Waals surface area (Å²) >= 11 is 0. The van der Waals surface area contributed by atoms with Crippen LogP contribution in [0.2, 0.25) is 0 Å². The molecule has 4 rings (SSSR count). The molecule has 2 aliphatic rings. The number of nitrogen functional groups attached to an aromatic ring is 1. The molecule has 0 saturated heterocycles. The van der Waals surface area contributed by atoms with Crippen LogP contribution in [0, 0.1) is 11.8 Å². The van der Waals surface area contributed by atoms with E-state index < -0.39 is 0 Å². The normalized spacial score (nSPS) is 26.1. The summed E-state index contributed by atoms with van der Waals surface area (Å²) in [6.07, 6.45) is 8.98. The van der Waals surface area contributed by atoms with Gasteiger partial charge in [0, 0.05) is 6.04 Å². The molecule has 0 aliphatic heterocycles. The van der Waals surface area contributed by atoms with Gasteiger partial charge in [-0.1, -0.05) is 19.3 Å². The molecular formula is C18H22N4O2. The first-order valence-electron chi connectivity index (χ1n) is 8.70. The fraction of sp³-hybridized carbons (Fsp3) is 0.500. The van der Waals surface area contributed by atoms with Crippen LogP contribution in [0.5, 0.6) is 0 Å². The van der Waals surface area contributed by atoms with Crippen LogP contribution >= 0.6 is 0 Å². The second kappa shape index (κ2) is 6.26. The zero-order valence-electron chi connectivity index (χ0n) is 13.6. The molecule has 2 fully saturated rings. The molecule has 0 radical (unpaired) electrons. The van der Waals surface area contributed by atoms with Crippen molar-refractivity contribution in [2.75, 3.05) is 5.73 Å². The first kappa shape index (κ1) is 15.2. The van der Waals surface area contributed by atoms with Gasteiger partial charge in [0.25, 0.3) is 5.91 Å². The maximum Gasteiger partial charge on any atom is 0.270 e. The molecule has 6 nitrogen and oxygen atoms in total. The van der Waals surface area contributed by atoms with E-state index in [-0.39, 0.29) is 17.9 Å². The van der Waals surface area contributed by atoms with E-state index >= 15 is 0 Å². The monoisotopic (exact) mass is 326 g/mol. The number of aromatic nitrogens is 2. The minimum Gasteiger partial charge on any atom is -0.463 e. The molecule has 3 atom stereocenters. The fourth-order valence-corrected chi connectivity index (χ4v) is 4.29. The summed E-state index contributed by atoms with van der Waals surface area (Å²) in [5.41, 5.74) is 6.60. The van der Waals surface area contributed by atoms with Crippen LogP contribution in [0.25, 0.3) is 11.5 Å². The lowest BCUT2D eigenvalue weighted by Crippen LogP contribution is -2.39. The Morgan fingerprint density at radius 3 is 2.92 bits per heavy atom. The standard InChI is InChI=1S/C18H22N4O2/c19-18-21-14(16-6-3-9-24-16)10-15(22-18)17(23)20-13-8-7-11-4-1-2-5-12(11)13/h3,6,9-13H,1-2,4-5,7-8H2,(H,20,23)(H2,19,21,22)/t11?,12-,13+/m0/s1. The third kappa shape index (κ3) is 2.88. The van der Waals surface area contributed by atoms with Gasteiger partial charge in [0.2, 0.25) is 5.95 Å². The van der Waals surface area contributed by atoms with E-state index in [4.69, 9.17) is 10.2 Å². The molecule has 2 aliphatic carbocycles. The van der Waals surface area contributed by atoms with Crippen LogP contribution in [0.1, 0.15) is 49.0 Å². The van der Waals surface area contributed by atoms with E-state index in [0.29, 0.717) is 23.1 Å². The maximum absolute atomic E-state index is 12.7. The number of carbonyl (C=O) groups excluding carboxylic acids is 1. The Bertz CT molecular complexity index is 729. The summed E-state index contributed by atoms with van der Waals surface area (Å²) in [7, 11) is 0. The van der Waals surface area contributed by atoms with Gasteiger partial charge in [-0.3, -0.25) is 4.79 Å². The number of nitrogens with zero attached hydrogens (tertiary/aromatic N) is 2. The SMILES string of the molecule is Nc1nc(C(=O)N[C@@H]2CCC3CCCC[C@@H]32)cc(-c2ccco2)n1. The Kier molecular flexibility index (Phi) is 3.96. The summed E-state index contributed by atoms with van der Waals surface area (Å²) in [4.78, 5) is 20.9. The topological polar surface area (TPSA) is 94.0 Å². The van der Waals surface area contributed by atoms with Gasteiger partial charge in [0.05, 0.1) is 6.26 Å². The van der Waals surface area contributed by atoms with Gasteiger partial charge in [-0.25, -0.2) is 9.97 Å². The average Bonchev–Trinajstić information content (AvgIpc) is 3.25. The number of rotatable bonds is 3. The average molecular weight is 326 g/mol. The zero-order chi connectivity index (χ0) is 16.5. The highest BCUT2D eigenvalue weighted by atomic mass is 16.3. The number of hydrogen-bond donors (Lipinski definition) is 2. The van der Waals surface area contributed by atoms with Gasteiger partial charge >= 0.3 is 0 Å². The molecule has 1 unspecified atom stereocenters. The van der Waals surface area contributed by atoms with Crippen molar-refractivity contribution in [2.45, 2.75) is 44.6 Å². The summed E-state index contributed by atoms with van der Waals surface area (Å²) in [6.45, 7) is 0. The number of carbonyl (C=O) groups is 1. The Hall–Kier alpha value is -2.37. The Morgan fingerprint density at radius 2 is 2.08 bits per heavy atom. The lowest BCUT2D eigenvalue weighted by atomic mass is 9.80. The summed E-state index contributed by atoms with van der Waals surface area (Å²) < 4.78 is 5.34. The smallest absolute Gasteiger partial charge is 0.270 e. The molecule has 2 heterocycles. The van der Waals surface area contributed by atoms with E-state index in [1.807, 2.05) is 0 Å². The Labute approximate surface area is 140 Å². The van der Waals surface area contributed by atoms with Crippen LogP contribution < -0.4 is 11.1 Å². The zero-order valence-corrected chi connectivity index (χ0v) is 13.6. The fourth-order valence-electron chi connectivity index (χ4n) is 4.29. The van der Waals surface area contributed by atoms with Crippen LogP contribution in [0.4, 0.5) is 5.95 Å². The van der Waals surface area contributed by atoms with Gasteiger partial charge in [0.15, 0.2) is 5.76 Å². The van der Waals surface area contributed by atoms with Gasteiger partial charge < -0.3 is 15.5 Å². The maximum atomic E-state index is 12.7. The number of amides is 1. The largest absolute Gasteiger partial charge is 0.463 e. The lowest BCUT2D eigenvalue weighted by Gasteiger charge is -2.29. The number of nitrogens with two attached hydrogens (primary N) is 1. The Morgan fingerprint density at radius 1 is 1.21 bits per heavy atom. The number of anilines is 1. The summed E-state index contributed by atoms with van der Waals surface area (Å²) in [5, 5.41) is 3.18.